The van der Waals surface area contributed by atoms with Crippen molar-refractivity contribution in [3.05, 3.63) is 0 Å². The zero-order valence-corrected chi connectivity index (χ0v) is 21.2. The summed E-state index contributed by atoms with van der Waals surface area (Å²) in [5.41, 5.74) is 4.80. The van der Waals surface area contributed by atoms with Crippen LogP contribution in [0.15, 0.2) is 0 Å². The van der Waals surface area contributed by atoms with Gasteiger partial charge in [0.2, 0.25) is 29.5 Å². The predicted octanol–water partition coefficient (Wildman–Crippen LogP) is -0.265. The van der Waals surface area contributed by atoms with Crippen LogP contribution in [0.3, 0.4) is 0 Å². The first-order chi connectivity index (χ1) is 15.7. The summed E-state index contributed by atoms with van der Waals surface area (Å²) in [5.74, 6) is -2.82. The van der Waals surface area contributed by atoms with Gasteiger partial charge in [0.05, 0.1) is 0 Å². The number of halogens is 1. The first-order valence-electron chi connectivity index (χ1n) is 11.7. The van der Waals surface area contributed by atoms with Crippen LogP contribution in [0.5, 0.6) is 0 Å². The molecule has 0 aromatic rings. The number of nitrogens with two attached hydrogens (primary N) is 1. The number of hydrogen-bond donors (Lipinski definition) is 4. The Hall–Kier alpha value is -2.36. The quantitative estimate of drug-likeness (QED) is 0.340. The molecule has 3 aliphatic rings. The number of carbonyl (C=O) groups is 5. The minimum absolute atomic E-state index is 0.0795. The predicted molar refractivity (Wildman–Crippen MR) is 125 cm³/mol. The molecule has 190 valence electrons. The van der Waals surface area contributed by atoms with Gasteiger partial charge in [-0.05, 0) is 35.5 Å². The molecule has 0 radical (unpaired) electrons. The van der Waals surface area contributed by atoms with Crippen LogP contribution < -0.4 is 21.7 Å². The van der Waals surface area contributed by atoms with E-state index in [0.717, 1.165) is 0 Å². The second-order valence-corrected chi connectivity index (χ2v) is 11.6. The zero-order valence-electron chi connectivity index (χ0n) is 20.4. The van der Waals surface area contributed by atoms with Gasteiger partial charge in [-0.15, -0.1) is 11.6 Å². The lowest BCUT2D eigenvalue weighted by Gasteiger charge is -2.37. The molecule has 3 rings (SSSR count). The van der Waals surface area contributed by atoms with E-state index in [4.69, 9.17) is 17.3 Å². The molecular formula is C23H36ClN5O5. The minimum atomic E-state index is -1.02. The number of fused-ring (bicyclic) bond motifs is 1. The van der Waals surface area contributed by atoms with E-state index in [1.807, 2.05) is 20.8 Å². The molecule has 0 aromatic carbocycles. The van der Waals surface area contributed by atoms with Crippen molar-refractivity contribution in [3.8, 4) is 0 Å². The van der Waals surface area contributed by atoms with Crippen molar-refractivity contribution in [2.75, 3.05) is 19.0 Å². The van der Waals surface area contributed by atoms with Crippen molar-refractivity contribution in [2.24, 2.45) is 34.3 Å². The van der Waals surface area contributed by atoms with Crippen molar-refractivity contribution >= 4 is 41.1 Å². The number of nitrogens with zero attached hydrogens (tertiary/aromatic N) is 1. The van der Waals surface area contributed by atoms with Gasteiger partial charge >= 0.3 is 0 Å². The van der Waals surface area contributed by atoms with Crippen molar-refractivity contribution in [1.29, 1.82) is 0 Å². The SMILES string of the molecule is CC(C)(C)[C@H](NC(=O)CCl)C(=O)N1CC2[C@@H]([C@H]1C(=O)N[C@@H](C[C@@H]1CCNC1=O)C(N)=O)C2(C)C. The number of rotatable bonds is 8. The standard InChI is InChI=1S/C23H36ClN5O5/c1-22(2,3)17(28-14(30)9-24)21(34)29-10-12-15(23(12,4)5)16(29)20(33)27-13(18(25)31)8-11-6-7-26-19(11)32/h11-13,15-17H,6-10H2,1-5H3,(H2,25,31)(H,26,32)(H,27,33)(H,28,30)/t11-,12?,13-,15-,16-,17+/m0/s1. The Morgan fingerprint density at radius 3 is 2.38 bits per heavy atom. The van der Waals surface area contributed by atoms with Crippen LogP contribution >= 0.6 is 11.6 Å². The van der Waals surface area contributed by atoms with Gasteiger partial charge in [-0.25, -0.2) is 0 Å². The van der Waals surface area contributed by atoms with Crippen LogP contribution in [0.25, 0.3) is 0 Å². The molecule has 3 fully saturated rings. The molecular weight excluding hydrogens is 462 g/mol. The number of piperidine rings is 1. The van der Waals surface area contributed by atoms with Gasteiger partial charge in [0.15, 0.2) is 0 Å². The van der Waals surface area contributed by atoms with Gasteiger partial charge in [0.1, 0.15) is 24.0 Å². The summed E-state index contributed by atoms with van der Waals surface area (Å²) >= 11 is 5.65. The summed E-state index contributed by atoms with van der Waals surface area (Å²) in [6.45, 7) is 10.5. The molecule has 1 unspecified atom stereocenters. The van der Waals surface area contributed by atoms with E-state index in [0.29, 0.717) is 19.5 Å². The largest absolute Gasteiger partial charge is 0.368 e. The Morgan fingerprint density at radius 1 is 1.24 bits per heavy atom. The third-order valence-electron chi connectivity index (χ3n) is 7.64. The molecule has 2 heterocycles. The normalized spacial score (nSPS) is 29.0. The maximum absolute atomic E-state index is 13.6. The van der Waals surface area contributed by atoms with Crippen LogP contribution in [-0.2, 0) is 24.0 Å². The Labute approximate surface area is 205 Å². The molecule has 1 saturated carbocycles. The van der Waals surface area contributed by atoms with Crippen molar-refractivity contribution in [1.82, 2.24) is 20.9 Å². The summed E-state index contributed by atoms with van der Waals surface area (Å²) in [6, 6.07) is -2.69. The smallest absolute Gasteiger partial charge is 0.246 e. The van der Waals surface area contributed by atoms with E-state index in [2.05, 4.69) is 29.8 Å². The van der Waals surface area contributed by atoms with Crippen LogP contribution in [0, 0.1) is 28.6 Å². The molecule has 11 heteroatoms. The highest BCUT2D eigenvalue weighted by atomic mass is 35.5. The summed E-state index contributed by atoms with van der Waals surface area (Å²) in [6.07, 6.45) is 0.680. The molecule has 10 nitrogen and oxygen atoms in total. The van der Waals surface area contributed by atoms with E-state index in [9.17, 15) is 24.0 Å². The molecule has 34 heavy (non-hydrogen) atoms. The lowest BCUT2D eigenvalue weighted by molar-refractivity contribution is -0.145. The van der Waals surface area contributed by atoms with E-state index in [-0.39, 0.29) is 41.4 Å². The summed E-state index contributed by atoms with van der Waals surface area (Å²) in [4.78, 5) is 64.7. The second-order valence-electron chi connectivity index (χ2n) is 11.4. The van der Waals surface area contributed by atoms with Gasteiger partial charge in [-0.1, -0.05) is 34.6 Å². The molecule has 0 spiro atoms. The Bertz CT molecular complexity index is 885. The lowest BCUT2D eigenvalue weighted by atomic mass is 9.85. The van der Waals surface area contributed by atoms with Crippen molar-refractivity contribution in [2.45, 2.75) is 65.6 Å². The Balaban J connectivity index is 1.82. The van der Waals surface area contributed by atoms with Gasteiger partial charge in [0.25, 0.3) is 0 Å². The van der Waals surface area contributed by atoms with Crippen LogP contribution in [-0.4, -0.2) is 71.5 Å². The average Bonchev–Trinajstić information content (AvgIpc) is 3.10. The summed E-state index contributed by atoms with van der Waals surface area (Å²) < 4.78 is 0. The second kappa shape index (κ2) is 9.36. The third-order valence-corrected chi connectivity index (χ3v) is 7.89. The minimum Gasteiger partial charge on any atom is -0.368 e. The van der Waals surface area contributed by atoms with E-state index in [1.165, 1.54) is 4.90 Å². The molecule has 5 N–H and O–H groups in total. The highest BCUT2D eigenvalue weighted by Gasteiger charge is 2.69. The summed E-state index contributed by atoms with van der Waals surface area (Å²) in [7, 11) is 0. The van der Waals surface area contributed by atoms with Gasteiger partial charge in [0, 0.05) is 19.0 Å². The van der Waals surface area contributed by atoms with Gasteiger partial charge < -0.3 is 26.6 Å². The fourth-order valence-corrected chi connectivity index (χ4v) is 5.56. The van der Waals surface area contributed by atoms with Crippen LogP contribution in [0.4, 0.5) is 0 Å². The first kappa shape index (κ1) is 26.2. The van der Waals surface area contributed by atoms with Gasteiger partial charge in [-0.2, -0.15) is 0 Å². The zero-order chi connectivity index (χ0) is 25.6. The van der Waals surface area contributed by atoms with Crippen molar-refractivity contribution in [3.63, 3.8) is 0 Å². The summed E-state index contributed by atoms with van der Waals surface area (Å²) in [5, 5.41) is 8.13. The molecule has 6 atom stereocenters. The number of primary amides is 1. The maximum Gasteiger partial charge on any atom is 0.246 e. The topological polar surface area (TPSA) is 151 Å². The highest BCUT2D eigenvalue weighted by Crippen LogP contribution is 2.65. The van der Waals surface area contributed by atoms with E-state index < -0.39 is 47.2 Å². The number of nitrogens with one attached hydrogen (secondary N) is 3. The molecule has 5 amide bonds. The first-order valence-corrected chi connectivity index (χ1v) is 12.3. The molecule has 2 saturated heterocycles. The number of alkyl halides is 1. The Morgan fingerprint density at radius 2 is 1.88 bits per heavy atom. The van der Waals surface area contributed by atoms with E-state index >= 15 is 0 Å². The maximum atomic E-state index is 13.6. The number of amides is 5. The fraction of sp³-hybridized carbons (Fsp3) is 0.783. The molecule has 2 aliphatic heterocycles. The van der Waals surface area contributed by atoms with Crippen LogP contribution in [0.2, 0.25) is 0 Å². The Kier molecular flexibility index (Phi) is 7.22. The fourth-order valence-electron chi connectivity index (χ4n) is 5.49. The van der Waals surface area contributed by atoms with Crippen LogP contribution in [0.1, 0.15) is 47.5 Å². The number of likely N-dealkylation sites (tertiary alicyclic amines) is 1. The molecule has 0 bridgehead atoms. The van der Waals surface area contributed by atoms with Gasteiger partial charge in [-0.3, -0.25) is 24.0 Å². The van der Waals surface area contributed by atoms with Crippen molar-refractivity contribution < 1.29 is 24.0 Å². The number of hydrogen-bond acceptors (Lipinski definition) is 5. The average molecular weight is 498 g/mol. The molecule has 0 aromatic heterocycles. The third kappa shape index (κ3) is 5.01. The monoisotopic (exact) mass is 497 g/mol. The molecule has 1 aliphatic carbocycles. The number of carbonyl (C=O) groups excluding carboxylic acids is 5. The highest BCUT2D eigenvalue weighted by molar-refractivity contribution is 6.27. The van der Waals surface area contributed by atoms with E-state index in [1.54, 1.807) is 0 Å². The lowest BCUT2D eigenvalue weighted by Crippen LogP contribution is -2.60.